The number of hydrogen-bond donors (Lipinski definition) is 2. The Bertz CT molecular complexity index is 1060. The lowest BCUT2D eigenvalue weighted by molar-refractivity contribution is -0.384. The van der Waals surface area contributed by atoms with Crippen LogP contribution in [0.25, 0.3) is 0 Å². The molecule has 27 heavy (non-hydrogen) atoms. The summed E-state index contributed by atoms with van der Waals surface area (Å²) < 4.78 is 28.6. The number of nitro groups is 1. The van der Waals surface area contributed by atoms with Gasteiger partial charge in [0.25, 0.3) is 5.69 Å². The van der Waals surface area contributed by atoms with E-state index in [-0.39, 0.29) is 22.8 Å². The SMILES string of the molecule is CC1(C)CC(=O)c2cc(Nc3ccc(S(N)(=O)=O)cc3[N+](=O)[O-])ccc2O1. The van der Waals surface area contributed by atoms with Gasteiger partial charge in [0.15, 0.2) is 5.78 Å². The summed E-state index contributed by atoms with van der Waals surface area (Å²) in [5, 5.41) is 19.2. The number of fused-ring (bicyclic) bond motifs is 1. The molecule has 1 heterocycles. The highest BCUT2D eigenvalue weighted by atomic mass is 32.2. The number of nitrogens with one attached hydrogen (secondary N) is 1. The van der Waals surface area contributed by atoms with E-state index in [2.05, 4.69) is 5.32 Å². The third kappa shape index (κ3) is 3.91. The molecule has 0 unspecified atom stereocenters. The Morgan fingerprint density at radius 2 is 1.93 bits per heavy atom. The average Bonchev–Trinajstić information content (AvgIpc) is 2.53. The molecule has 0 amide bonds. The van der Waals surface area contributed by atoms with Crippen LogP contribution in [0, 0.1) is 10.1 Å². The van der Waals surface area contributed by atoms with Crippen molar-refractivity contribution in [2.75, 3.05) is 5.32 Å². The monoisotopic (exact) mass is 391 g/mol. The lowest BCUT2D eigenvalue weighted by Gasteiger charge is -2.31. The van der Waals surface area contributed by atoms with Crippen LogP contribution in [0.15, 0.2) is 41.3 Å². The summed E-state index contributed by atoms with van der Waals surface area (Å²) in [7, 11) is -4.07. The number of nitrogens with two attached hydrogens (primary N) is 1. The van der Waals surface area contributed by atoms with Crippen LogP contribution in [0.2, 0.25) is 0 Å². The zero-order valence-corrected chi connectivity index (χ0v) is 15.4. The first-order valence-corrected chi connectivity index (χ1v) is 9.45. The van der Waals surface area contributed by atoms with Gasteiger partial charge in [-0.25, -0.2) is 13.6 Å². The number of carbonyl (C=O) groups excluding carboxylic acids is 1. The van der Waals surface area contributed by atoms with Gasteiger partial charge < -0.3 is 10.1 Å². The molecule has 9 nitrogen and oxygen atoms in total. The highest BCUT2D eigenvalue weighted by Gasteiger charge is 2.32. The van der Waals surface area contributed by atoms with E-state index in [4.69, 9.17) is 9.88 Å². The van der Waals surface area contributed by atoms with Crippen molar-refractivity contribution in [3.8, 4) is 5.75 Å². The lowest BCUT2D eigenvalue weighted by atomic mass is 9.93. The molecule has 0 aromatic heterocycles. The molecule has 0 radical (unpaired) electrons. The third-order valence-corrected chi connectivity index (χ3v) is 4.94. The van der Waals surface area contributed by atoms with E-state index in [1.54, 1.807) is 18.2 Å². The van der Waals surface area contributed by atoms with Gasteiger partial charge in [0.2, 0.25) is 10.0 Å². The average molecular weight is 391 g/mol. The fourth-order valence-electron chi connectivity index (χ4n) is 2.83. The van der Waals surface area contributed by atoms with Gasteiger partial charge in [-0.3, -0.25) is 14.9 Å². The number of primary sulfonamides is 1. The van der Waals surface area contributed by atoms with Crippen LogP contribution < -0.4 is 15.2 Å². The number of nitro benzene ring substituents is 1. The summed E-state index contributed by atoms with van der Waals surface area (Å²) in [6.45, 7) is 3.63. The van der Waals surface area contributed by atoms with Crippen molar-refractivity contribution < 1.29 is 22.9 Å². The van der Waals surface area contributed by atoms with E-state index in [1.807, 2.05) is 13.8 Å². The smallest absolute Gasteiger partial charge is 0.294 e. The molecule has 1 aliphatic rings. The molecule has 0 bridgehead atoms. The molecule has 1 aliphatic heterocycles. The van der Waals surface area contributed by atoms with Crippen molar-refractivity contribution in [1.29, 1.82) is 0 Å². The minimum absolute atomic E-state index is 0.0665. The molecule has 0 spiro atoms. The number of sulfonamides is 1. The first-order valence-electron chi connectivity index (χ1n) is 7.91. The first-order chi connectivity index (χ1) is 12.5. The van der Waals surface area contributed by atoms with Gasteiger partial charge in [-0.15, -0.1) is 0 Å². The zero-order chi connectivity index (χ0) is 20.0. The van der Waals surface area contributed by atoms with Crippen molar-refractivity contribution in [1.82, 2.24) is 0 Å². The number of benzene rings is 2. The highest BCUT2D eigenvalue weighted by molar-refractivity contribution is 7.89. The number of nitrogens with zero attached hydrogens (tertiary/aromatic N) is 1. The van der Waals surface area contributed by atoms with Crippen molar-refractivity contribution in [2.45, 2.75) is 30.8 Å². The Labute approximate surface area is 155 Å². The largest absolute Gasteiger partial charge is 0.487 e. The van der Waals surface area contributed by atoms with Gasteiger partial charge in [-0.2, -0.15) is 0 Å². The normalized spacial score (nSPS) is 15.6. The first kappa shape index (κ1) is 18.8. The maximum absolute atomic E-state index is 12.3. The molecule has 0 aliphatic carbocycles. The van der Waals surface area contributed by atoms with Crippen LogP contribution >= 0.6 is 0 Å². The van der Waals surface area contributed by atoms with Gasteiger partial charge in [0.1, 0.15) is 17.0 Å². The Morgan fingerprint density at radius 3 is 2.56 bits per heavy atom. The van der Waals surface area contributed by atoms with Gasteiger partial charge in [-0.05, 0) is 44.2 Å². The summed E-state index contributed by atoms with van der Waals surface area (Å²) in [6.07, 6.45) is 0.215. The van der Waals surface area contributed by atoms with Gasteiger partial charge in [0.05, 0.1) is 21.8 Å². The summed E-state index contributed by atoms with van der Waals surface area (Å²) in [6, 6.07) is 8.07. The second kappa shape index (κ2) is 6.32. The van der Waals surface area contributed by atoms with E-state index in [0.717, 1.165) is 6.07 Å². The highest BCUT2D eigenvalue weighted by Crippen LogP contribution is 2.36. The molecule has 0 atom stereocenters. The molecular weight excluding hydrogens is 374 g/mol. The molecule has 0 saturated heterocycles. The van der Waals surface area contributed by atoms with Crippen molar-refractivity contribution in [3.05, 3.63) is 52.1 Å². The molecule has 3 N–H and O–H groups in total. The summed E-state index contributed by atoms with van der Waals surface area (Å²) in [5.41, 5.74) is -0.179. The number of rotatable bonds is 4. The number of ketones is 1. The van der Waals surface area contributed by atoms with Crippen LogP contribution in [0.4, 0.5) is 17.1 Å². The lowest BCUT2D eigenvalue weighted by Crippen LogP contribution is -2.35. The Balaban J connectivity index is 1.98. The quantitative estimate of drug-likeness (QED) is 0.603. The minimum Gasteiger partial charge on any atom is -0.487 e. The van der Waals surface area contributed by atoms with Crippen LogP contribution in [0.3, 0.4) is 0 Å². The van der Waals surface area contributed by atoms with E-state index in [0.29, 0.717) is 17.0 Å². The molecule has 10 heteroatoms. The fraction of sp³-hybridized carbons (Fsp3) is 0.235. The number of hydrogen-bond acceptors (Lipinski definition) is 7. The Morgan fingerprint density at radius 1 is 1.22 bits per heavy atom. The van der Waals surface area contributed by atoms with Crippen molar-refractivity contribution in [3.63, 3.8) is 0 Å². The van der Waals surface area contributed by atoms with Gasteiger partial charge in [-0.1, -0.05) is 0 Å². The van der Waals surface area contributed by atoms with Crippen molar-refractivity contribution >= 4 is 32.9 Å². The number of Topliss-reactive ketones (excluding diaryl/α,β-unsaturated/α-hetero) is 1. The molecule has 0 fully saturated rings. The summed E-state index contributed by atoms with van der Waals surface area (Å²) >= 11 is 0. The van der Waals surface area contributed by atoms with E-state index in [9.17, 15) is 23.3 Å². The van der Waals surface area contributed by atoms with Crippen LogP contribution in [0.1, 0.15) is 30.6 Å². The van der Waals surface area contributed by atoms with E-state index < -0.39 is 26.2 Å². The van der Waals surface area contributed by atoms with Gasteiger partial charge >= 0.3 is 0 Å². The number of ether oxygens (including phenoxy) is 1. The predicted molar refractivity (Wildman–Crippen MR) is 97.8 cm³/mol. The minimum atomic E-state index is -4.07. The molecule has 0 saturated carbocycles. The van der Waals surface area contributed by atoms with E-state index >= 15 is 0 Å². The van der Waals surface area contributed by atoms with Crippen molar-refractivity contribution in [2.24, 2.45) is 5.14 Å². The predicted octanol–water partition coefficient (Wildman–Crippen LogP) is 2.73. The topological polar surface area (TPSA) is 142 Å². The zero-order valence-electron chi connectivity index (χ0n) is 14.6. The maximum atomic E-state index is 12.3. The number of carbonyl (C=O) groups is 1. The van der Waals surface area contributed by atoms with Crippen LogP contribution in [0.5, 0.6) is 5.75 Å². The molecule has 3 rings (SSSR count). The molecule has 142 valence electrons. The van der Waals surface area contributed by atoms with E-state index in [1.165, 1.54) is 12.1 Å². The number of anilines is 2. The third-order valence-electron chi connectivity index (χ3n) is 4.03. The second-order valence-electron chi connectivity index (χ2n) is 6.78. The second-order valence-corrected chi connectivity index (χ2v) is 8.34. The van der Waals surface area contributed by atoms with Gasteiger partial charge in [0, 0.05) is 11.8 Å². The maximum Gasteiger partial charge on any atom is 0.294 e. The Hall–Kier alpha value is -2.98. The Kier molecular flexibility index (Phi) is 4.40. The summed E-state index contributed by atoms with van der Waals surface area (Å²) in [5.74, 6) is 0.352. The standard InChI is InChI=1S/C17H17N3O6S/c1-17(2)9-15(21)12-7-10(3-6-16(12)26-17)19-13-5-4-11(27(18,24)25)8-14(13)20(22)23/h3-8,19H,9H2,1-2H3,(H2,18,24,25). The fourth-order valence-corrected chi connectivity index (χ4v) is 3.36. The van der Waals surface area contributed by atoms with Crippen LogP contribution in [-0.4, -0.2) is 24.7 Å². The van der Waals surface area contributed by atoms with Crippen LogP contribution in [-0.2, 0) is 10.0 Å². The molecular formula is C17H17N3O6S. The summed E-state index contributed by atoms with van der Waals surface area (Å²) in [4.78, 5) is 22.6. The molecule has 2 aromatic rings. The molecule has 2 aromatic carbocycles.